The zero-order valence-electron chi connectivity index (χ0n) is 17.0. The lowest BCUT2D eigenvalue weighted by atomic mass is 9.94. The molecule has 0 radical (unpaired) electrons. The number of ether oxygens (including phenoxy) is 5. The molecule has 0 saturated carbocycles. The third-order valence-electron chi connectivity index (χ3n) is 4.54. The van der Waals surface area contributed by atoms with Crippen molar-refractivity contribution in [2.24, 2.45) is 0 Å². The van der Waals surface area contributed by atoms with Crippen LogP contribution in [0.25, 0.3) is 0 Å². The van der Waals surface area contributed by atoms with E-state index < -0.39 is 12.0 Å². The van der Waals surface area contributed by atoms with Crippen molar-refractivity contribution in [2.75, 3.05) is 48.7 Å². The fraction of sp³-hybridized carbons (Fsp3) is 0.474. The molecule has 1 aromatic carbocycles. The van der Waals surface area contributed by atoms with Gasteiger partial charge in [0.2, 0.25) is 5.75 Å². The first-order valence-electron chi connectivity index (χ1n) is 8.59. The number of allylic oxidation sites excluding steroid dienone is 1. The standard InChI is InChI=1S/C19H26N2O7/c1-11-15(18(22)28-6)16(20-19(23)21(11)7-8-24-2)12-9-13(25-3)17(27-5)14(10-12)26-4/h9-10,16H,7-8H2,1-6H3,(H,20,23). The number of carbonyl (C=O) groups is 2. The number of amides is 2. The molecule has 0 aromatic heterocycles. The molecular formula is C19H26N2O7. The Morgan fingerprint density at radius 2 is 1.68 bits per heavy atom. The SMILES string of the molecule is COCCN1C(=O)NC(c2cc(OC)c(OC)c(OC)c2)C(C(=O)OC)=C1C. The average Bonchev–Trinajstić information content (AvgIpc) is 2.71. The molecule has 2 rings (SSSR count). The first-order valence-corrected chi connectivity index (χ1v) is 8.59. The third kappa shape index (κ3) is 3.99. The van der Waals surface area contributed by atoms with Crippen LogP contribution in [0.4, 0.5) is 4.79 Å². The lowest BCUT2D eigenvalue weighted by molar-refractivity contribution is -0.136. The highest BCUT2D eigenvalue weighted by molar-refractivity contribution is 5.95. The van der Waals surface area contributed by atoms with Crippen molar-refractivity contribution in [3.8, 4) is 17.2 Å². The molecule has 1 atom stereocenters. The number of methoxy groups -OCH3 is 5. The Bertz CT molecular complexity index is 751. The molecule has 0 spiro atoms. The molecule has 0 saturated heterocycles. The van der Waals surface area contributed by atoms with E-state index in [-0.39, 0.29) is 6.03 Å². The summed E-state index contributed by atoms with van der Waals surface area (Å²) in [5.41, 5.74) is 1.40. The normalized spacial score (nSPS) is 16.6. The van der Waals surface area contributed by atoms with Crippen LogP contribution < -0.4 is 19.5 Å². The fourth-order valence-corrected chi connectivity index (χ4v) is 3.13. The summed E-state index contributed by atoms with van der Waals surface area (Å²) >= 11 is 0. The van der Waals surface area contributed by atoms with Crippen molar-refractivity contribution in [1.29, 1.82) is 0 Å². The Labute approximate surface area is 164 Å². The summed E-state index contributed by atoms with van der Waals surface area (Å²) in [4.78, 5) is 26.7. The molecule has 1 aliphatic rings. The first-order chi connectivity index (χ1) is 13.4. The predicted octanol–water partition coefficient (Wildman–Crippen LogP) is 1.87. The van der Waals surface area contributed by atoms with Crippen molar-refractivity contribution in [1.82, 2.24) is 10.2 Å². The first kappa shape index (κ1) is 21.4. The van der Waals surface area contributed by atoms with Crippen LogP contribution in [0.1, 0.15) is 18.5 Å². The van der Waals surface area contributed by atoms with Crippen LogP contribution in [0.2, 0.25) is 0 Å². The molecule has 0 aliphatic carbocycles. The van der Waals surface area contributed by atoms with Crippen molar-refractivity contribution in [3.05, 3.63) is 29.0 Å². The van der Waals surface area contributed by atoms with Gasteiger partial charge in [-0.2, -0.15) is 0 Å². The van der Waals surface area contributed by atoms with Gasteiger partial charge in [0.1, 0.15) is 0 Å². The van der Waals surface area contributed by atoms with E-state index in [0.717, 1.165) is 0 Å². The molecule has 0 fully saturated rings. The largest absolute Gasteiger partial charge is 0.493 e. The number of nitrogens with zero attached hydrogens (tertiary/aromatic N) is 1. The number of benzene rings is 1. The molecule has 154 valence electrons. The van der Waals surface area contributed by atoms with Crippen molar-refractivity contribution >= 4 is 12.0 Å². The van der Waals surface area contributed by atoms with E-state index in [1.165, 1.54) is 33.3 Å². The average molecular weight is 394 g/mol. The molecule has 0 bridgehead atoms. The van der Waals surface area contributed by atoms with Gasteiger partial charge in [-0.25, -0.2) is 9.59 Å². The van der Waals surface area contributed by atoms with Crippen LogP contribution in [-0.2, 0) is 14.3 Å². The molecule has 1 aromatic rings. The molecule has 1 heterocycles. The molecule has 28 heavy (non-hydrogen) atoms. The number of hydrogen-bond donors (Lipinski definition) is 1. The molecule has 9 heteroatoms. The number of carbonyl (C=O) groups excluding carboxylic acids is 2. The maximum absolute atomic E-state index is 12.7. The Hall–Kier alpha value is -2.94. The summed E-state index contributed by atoms with van der Waals surface area (Å²) in [6, 6.07) is 2.29. The number of esters is 1. The van der Waals surface area contributed by atoms with E-state index in [0.29, 0.717) is 47.2 Å². The van der Waals surface area contributed by atoms with Gasteiger partial charge in [0.05, 0.1) is 53.2 Å². The zero-order chi connectivity index (χ0) is 20.8. The third-order valence-corrected chi connectivity index (χ3v) is 4.54. The van der Waals surface area contributed by atoms with Crippen molar-refractivity contribution in [2.45, 2.75) is 13.0 Å². The number of nitrogens with one attached hydrogen (secondary N) is 1. The van der Waals surface area contributed by atoms with Crippen LogP contribution in [0, 0.1) is 0 Å². The highest BCUT2D eigenvalue weighted by Gasteiger charge is 2.37. The molecule has 1 N–H and O–H groups in total. The fourth-order valence-electron chi connectivity index (χ4n) is 3.13. The van der Waals surface area contributed by atoms with E-state index in [1.54, 1.807) is 26.2 Å². The Morgan fingerprint density at radius 3 is 2.14 bits per heavy atom. The van der Waals surface area contributed by atoms with Crippen molar-refractivity contribution < 1.29 is 33.3 Å². The highest BCUT2D eigenvalue weighted by Crippen LogP contribution is 2.42. The Morgan fingerprint density at radius 1 is 1.07 bits per heavy atom. The van der Waals surface area contributed by atoms with Gasteiger partial charge in [0, 0.05) is 12.8 Å². The summed E-state index contributed by atoms with van der Waals surface area (Å²) < 4.78 is 26.1. The van der Waals surface area contributed by atoms with Gasteiger partial charge >= 0.3 is 12.0 Å². The minimum Gasteiger partial charge on any atom is -0.493 e. The summed E-state index contributed by atoms with van der Waals surface area (Å²) in [5, 5.41) is 2.85. The summed E-state index contributed by atoms with van der Waals surface area (Å²) in [5.74, 6) is 0.696. The lowest BCUT2D eigenvalue weighted by Gasteiger charge is -2.35. The van der Waals surface area contributed by atoms with E-state index >= 15 is 0 Å². The minimum atomic E-state index is -0.743. The van der Waals surface area contributed by atoms with Crippen LogP contribution in [-0.4, -0.2) is 65.6 Å². The Balaban J connectivity index is 2.61. The van der Waals surface area contributed by atoms with Gasteiger partial charge in [-0.05, 0) is 24.6 Å². The zero-order valence-corrected chi connectivity index (χ0v) is 17.0. The maximum Gasteiger partial charge on any atom is 0.337 e. The molecule has 1 aliphatic heterocycles. The second-order valence-corrected chi connectivity index (χ2v) is 5.98. The summed E-state index contributed by atoms with van der Waals surface area (Å²) in [6.07, 6.45) is 0. The van der Waals surface area contributed by atoms with Gasteiger partial charge in [-0.1, -0.05) is 0 Å². The van der Waals surface area contributed by atoms with Gasteiger partial charge < -0.3 is 29.0 Å². The van der Waals surface area contributed by atoms with Crippen LogP contribution >= 0.6 is 0 Å². The summed E-state index contributed by atoms with van der Waals surface area (Å²) in [6.45, 7) is 2.33. The Kier molecular flexibility index (Phi) is 7.11. The van der Waals surface area contributed by atoms with Crippen LogP contribution in [0.3, 0.4) is 0 Å². The number of urea groups is 1. The lowest BCUT2D eigenvalue weighted by Crippen LogP contribution is -2.48. The van der Waals surface area contributed by atoms with Gasteiger partial charge in [0.15, 0.2) is 11.5 Å². The van der Waals surface area contributed by atoms with Crippen LogP contribution in [0.15, 0.2) is 23.4 Å². The topological polar surface area (TPSA) is 95.6 Å². The van der Waals surface area contributed by atoms with Gasteiger partial charge in [-0.3, -0.25) is 4.90 Å². The molecule has 2 amide bonds. The van der Waals surface area contributed by atoms with Crippen molar-refractivity contribution in [3.63, 3.8) is 0 Å². The van der Waals surface area contributed by atoms with E-state index in [1.807, 2.05) is 0 Å². The minimum absolute atomic E-state index is 0.302. The molecular weight excluding hydrogens is 368 g/mol. The van der Waals surface area contributed by atoms with Gasteiger partial charge in [0.25, 0.3) is 0 Å². The monoisotopic (exact) mass is 394 g/mol. The second kappa shape index (κ2) is 9.32. The highest BCUT2D eigenvalue weighted by atomic mass is 16.5. The molecule has 1 unspecified atom stereocenters. The summed E-state index contributed by atoms with van der Waals surface area (Å²) in [7, 11) is 7.33. The van der Waals surface area contributed by atoms with E-state index in [4.69, 9.17) is 23.7 Å². The van der Waals surface area contributed by atoms with Gasteiger partial charge in [-0.15, -0.1) is 0 Å². The van der Waals surface area contributed by atoms with Crippen LogP contribution in [0.5, 0.6) is 17.2 Å². The maximum atomic E-state index is 12.7. The van der Waals surface area contributed by atoms with E-state index in [2.05, 4.69) is 5.32 Å². The molecule has 9 nitrogen and oxygen atoms in total. The quantitative estimate of drug-likeness (QED) is 0.673. The smallest absolute Gasteiger partial charge is 0.337 e. The number of rotatable bonds is 8. The number of hydrogen-bond acceptors (Lipinski definition) is 7. The second-order valence-electron chi connectivity index (χ2n) is 5.98. The van der Waals surface area contributed by atoms with E-state index in [9.17, 15) is 9.59 Å². The predicted molar refractivity (Wildman–Crippen MR) is 101 cm³/mol.